The number of rotatable bonds is 12. The van der Waals surface area contributed by atoms with Gasteiger partial charge in [-0.3, -0.25) is 9.59 Å². The van der Waals surface area contributed by atoms with Crippen molar-refractivity contribution in [3.8, 4) is 23.0 Å². The molecule has 0 atom stereocenters. The highest BCUT2D eigenvalue weighted by molar-refractivity contribution is 5.78. The average Bonchev–Trinajstić information content (AvgIpc) is 3.03. The van der Waals surface area contributed by atoms with Gasteiger partial charge < -0.3 is 18.9 Å². The predicted molar refractivity (Wildman–Crippen MR) is 166 cm³/mol. The lowest BCUT2D eigenvalue weighted by atomic mass is 9.65. The van der Waals surface area contributed by atoms with Gasteiger partial charge in [0.1, 0.15) is 28.8 Å². The molecule has 1 aliphatic rings. The van der Waals surface area contributed by atoms with E-state index in [-0.39, 0.29) is 30.4 Å². The van der Waals surface area contributed by atoms with Crippen molar-refractivity contribution in [2.75, 3.05) is 13.9 Å². The van der Waals surface area contributed by atoms with Crippen molar-refractivity contribution in [2.45, 2.75) is 57.3 Å². The molecule has 0 radical (unpaired) electrons. The third kappa shape index (κ3) is 7.83. The molecular formula is C37H38O6. The Kier molecular flexibility index (Phi) is 9.77. The number of carbonyl (C=O) groups excluding carboxylic acids is 2. The predicted octanol–water partition coefficient (Wildman–Crippen LogP) is 7.64. The van der Waals surface area contributed by atoms with Crippen LogP contribution >= 0.6 is 0 Å². The summed E-state index contributed by atoms with van der Waals surface area (Å²) in [7, 11) is 1.69. The Morgan fingerprint density at radius 3 is 1.56 bits per heavy atom. The van der Waals surface area contributed by atoms with Crippen molar-refractivity contribution in [2.24, 2.45) is 0 Å². The van der Waals surface area contributed by atoms with Crippen molar-refractivity contribution in [3.63, 3.8) is 0 Å². The van der Waals surface area contributed by atoms with E-state index in [1.165, 1.54) is 30.4 Å². The lowest BCUT2D eigenvalue weighted by Crippen LogP contribution is -2.30. The molecule has 6 nitrogen and oxygen atoms in total. The number of ketones is 1. The Morgan fingerprint density at radius 1 is 0.605 bits per heavy atom. The van der Waals surface area contributed by atoms with Crippen molar-refractivity contribution in [3.05, 3.63) is 119 Å². The fourth-order valence-electron chi connectivity index (χ4n) is 5.85. The van der Waals surface area contributed by atoms with Gasteiger partial charge in [0.2, 0.25) is 6.79 Å². The van der Waals surface area contributed by atoms with E-state index in [0.717, 1.165) is 29.7 Å². The Bertz CT molecular complexity index is 1480. The molecule has 0 amide bonds. The highest BCUT2D eigenvalue weighted by Crippen LogP contribution is 2.45. The van der Waals surface area contributed by atoms with E-state index < -0.39 is 0 Å². The quantitative estimate of drug-likeness (QED) is 0.0978. The molecule has 6 heteroatoms. The van der Waals surface area contributed by atoms with E-state index >= 15 is 0 Å². The van der Waals surface area contributed by atoms with Crippen LogP contribution in [-0.4, -0.2) is 25.7 Å². The highest BCUT2D eigenvalue weighted by atomic mass is 16.7. The first-order valence-corrected chi connectivity index (χ1v) is 14.8. The molecule has 0 aromatic heterocycles. The second kappa shape index (κ2) is 14.1. The second-order valence-electron chi connectivity index (χ2n) is 11.1. The second-order valence-corrected chi connectivity index (χ2v) is 11.1. The molecule has 43 heavy (non-hydrogen) atoms. The molecule has 0 unspecified atom stereocenters. The summed E-state index contributed by atoms with van der Waals surface area (Å²) in [6.45, 7) is 1.62. The van der Waals surface area contributed by atoms with Crippen LogP contribution in [0, 0.1) is 0 Å². The SMILES string of the molecule is COc1ccc(C2(c3ccc(OC(=O)Cc4ccc(OCOc5ccc(CC(C)=O)cc5)cc4)cc3)CCCCC2)cc1. The number of hydrogen-bond donors (Lipinski definition) is 0. The maximum atomic E-state index is 12.7. The first kappa shape index (κ1) is 29.9. The number of Topliss-reactive ketones (excluding diaryl/α,β-unsaturated/α-hetero) is 1. The Morgan fingerprint density at radius 2 is 1.07 bits per heavy atom. The van der Waals surface area contributed by atoms with Gasteiger partial charge in [-0.25, -0.2) is 0 Å². The van der Waals surface area contributed by atoms with Crippen LogP contribution in [0.3, 0.4) is 0 Å². The van der Waals surface area contributed by atoms with E-state index in [1.807, 2.05) is 60.7 Å². The molecule has 0 spiro atoms. The first-order chi connectivity index (χ1) is 20.9. The Hall–Kier alpha value is -4.58. The zero-order valence-electron chi connectivity index (χ0n) is 24.8. The fourth-order valence-corrected chi connectivity index (χ4v) is 5.85. The van der Waals surface area contributed by atoms with Gasteiger partial charge >= 0.3 is 5.97 Å². The molecule has 4 aromatic rings. The van der Waals surface area contributed by atoms with Gasteiger partial charge in [0, 0.05) is 11.8 Å². The summed E-state index contributed by atoms with van der Waals surface area (Å²) in [5.41, 5.74) is 4.29. The van der Waals surface area contributed by atoms with Crippen LogP contribution < -0.4 is 18.9 Å². The van der Waals surface area contributed by atoms with Gasteiger partial charge in [0.15, 0.2) is 0 Å². The monoisotopic (exact) mass is 578 g/mol. The molecule has 4 aromatic carbocycles. The van der Waals surface area contributed by atoms with E-state index in [1.54, 1.807) is 26.2 Å². The van der Waals surface area contributed by atoms with Gasteiger partial charge in [-0.2, -0.15) is 0 Å². The van der Waals surface area contributed by atoms with Crippen LogP contribution in [0.4, 0.5) is 0 Å². The molecule has 0 heterocycles. The van der Waals surface area contributed by atoms with Crippen LogP contribution in [0.2, 0.25) is 0 Å². The van der Waals surface area contributed by atoms with Gasteiger partial charge in [-0.05, 0) is 90.6 Å². The lowest BCUT2D eigenvalue weighted by Gasteiger charge is -2.38. The summed E-state index contributed by atoms with van der Waals surface area (Å²) in [6, 6.07) is 31.1. The number of methoxy groups -OCH3 is 1. The molecule has 1 fully saturated rings. The smallest absolute Gasteiger partial charge is 0.315 e. The first-order valence-electron chi connectivity index (χ1n) is 14.8. The minimum absolute atomic E-state index is 0.0389. The number of hydrogen-bond acceptors (Lipinski definition) is 6. The van der Waals surface area contributed by atoms with E-state index in [4.69, 9.17) is 18.9 Å². The van der Waals surface area contributed by atoms with E-state index in [0.29, 0.717) is 23.7 Å². The van der Waals surface area contributed by atoms with Crippen molar-refractivity contribution >= 4 is 11.8 Å². The van der Waals surface area contributed by atoms with Gasteiger partial charge in [-0.1, -0.05) is 67.8 Å². The molecule has 0 aliphatic heterocycles. The Labute approximate surface area is 253 Å². The van der Waals surface area contributed by atoms with E-state index in [9.17, 15) is 9.59 Å². The fraction of sp³-hybridized carbons (Fsp3) is 0.297. The van der Waals surface area contributed by atoms with Crippen molar-refractivity contribution in [1.29, 1.82) is 0 Å². The number of carbonyl (C=O) groups is 2. The summed E-state index contributed by atoms with van der Waals surface area (Å²) in [4.78, 5) is 23.9. The molecule has 0 saturated heterocycles. The van der Waals surface area contributed by atoms with E-state index in [2.05, 4.69) is 24.3 Å². The lowest BCUT2D eigenvalue weighted by molar-refractivity contribution is -0.133. The summed E-state index contributed by atoms with van der Waals surface area (Å²) >= 11 is 0. The molecule has 1 saturated carbocycles. The summed E-state index contributed by atoms with van der Waals surface area (Å²) in [5, 5.41) is 0. The van der Waals surface area contributed by atoms with Crippen LogP contribution in [-0.2, 0) is 27.8 Å². The number of esters is 1. The third-order valence-corrected chi connectivity index (χ3v) is 8.09. The maximum absolute atomic E-state index is 12.7. The largest absolute Gasteiger partial charge is 0.497 e. The van der Waals surface area contributed by atoms with Crippen LogP contribution in [0.25, 0.3) is 0 Å². The standard InChI is InChI=1S/C37H38O6/c1-27(38)24-28-6-14-33(15-7-28)41-26-42-34-16-8-29(9-17-34)25-36(39)43-35-20-12-31(13-21-35)37(22-4-3-5-23-37)30-10-18-32(40-2)19-11-30/h6-21H,3-5,22-26H2,1-2H3. The van der Waals surface area contributed by atoms with Gasteiger partial charge in [-0.15, -0.1) is 0 Å². The topological polar surface area (TPSA) is 71.1 Å². The normalized spacial score (nSPS) is 14.0. The molecule has 1 aliphatic carbocycles. The Balaban J connectivity index is 1.13. The third-order valence-electron chi connectivity index (χ3n) is 8.09. The summed E-state index contributed by atoms with van der Waals surface area (Å²) in [5.74, 6) is 2.50. The summed E-state index contributed by atoms with van der Waals surface area (Å²) < 4.78 is 22.4. The molecule has 222 valence electrons. The molecular weight excluding hydrogens is 540 g/mol. The zero-order valence-corrected chi connectivity index (χ0v) is 24.8. The maximum Gasteiger partial charge on any atom is 0.315 e. The molecule has 5 rings (SSSR count). The molecule has 0 N–H and O–H groups in total. The van der Waals surface area contributed by atoms with Gasteiger partial charge in [0.25, 0.3) is 0 Å². The van der Waals surface area contributed by atoms with Crippen molar-refractivity contribution in [1.82, 2.24) is 0 Å². The van der Waals surface area contributed by atoms with Crippen LogP contribution in [0.15, 0.2) is 97.1 Å². The van der Waals surface area contributed by atoms with Crippen molar-refractivity contribution < 1.29 is 28.5 Å². The average molecular weight is 579 g/mol. The minimum Gasteiger partial charge on any atom is -0.497 e. The number of benzene rings is 4. The minimum atomic E-state index is -0.319. The van der Waals surface area contributed by atoms with Crippen LogP contribution in [0.5, 0.6) is 23.0 Å². The van der Waals surface area contributed by atoms with Crippen LogP contribution in [0.1, 0.15) is 61.3 Å². The van der Waals surface area contributed by atoms with Gasteiger partial charge in [0.05, 0.1) is 13.5 Å². The zero-order chi connectivity index (χ0) is 30.1. The molecule has 0 bridgehead atoms. The summed E-state index contributed by atoms with van der Waals surface area (Å²) in [6.07, 6.45) is 6.40. The number of ether oxygens (including phenoxy) is 4. The highest BCUT2D eigenvalue weighted by Gasteiger charge is 2.35.